The molecule has 0 bridgehead atoms. The SMILES string of the molecule is CC1=NN(c2ccc(Cl)c(F)c2)C(=O)C1C(C)C. The summed E-state index contributed by atoms with van der Waals surface area (Å²) in [6.45, 7) is 5.75. The summed E-state index contributed by atoms with van der Waals surface area (Å²) in [5.41, 5.74) is 1.16. The van der Waals surface area contributed by atoms with E-state index in [4.69, 9.17) is 11.6 Å². The minimum atomic E-state index is -0.553. The highest BCUT2D eigenvalue weighted by atomic mass is 35.5. The van der Waals surface area contributed by atoms with Crippen molar-refractivity contribution in [2.45, 2.75) is 20.8 Å². The molecule has 0 fully saturated rings. The minimum Gasteiger partial charge on any atom is -0.272 e. The van der Waals surface area contributed by atoms with Crippen molar-refractivity contribution < 1.29 is 9.18 Å². The number of benzene rings is 1. The fourth-order valence-electron chi connectivity index (χ4n) is 2.15. The summed E-state index contributed by atoms with van der Waals surface area (Å²) in [5.74, 6) is -0.737. The Kier molecular flexibility index (Phi) is 3.39. The number of rotatable bonds is 2. The van der Waals surface area contributed by atoms with E-state index < -0.39 is 5.82 Å². The number of anilines is 1. The van der Waals surface area contributed by atoms with Gasteiger partial charge in [-0.15, -0.1) is 0 Å². The quantitative estimate of drug-likeness (QED) is 0.808. The summed E-state index contributed by atoms with van der Waals surface area (Å²) in [4.78, 5) is 12.2. The minimum absolute atomic E-state index is 0.0338. The van der Waals surface area contributed by atoms with Crippen LogP contribution in [0.4, 0.5) is 10.1 Å². The molecule has 1 heterocycles. The summed E-state index contributed by atoms with van der Waals surface area (Å²) >= 11 is 5.62. The van der Waals surface area contributed by atoms with Gasteiger partial charge in [0.2, 0.25) is 0 Å². The highest BCUT2D eigenvalue weighted by Crippen LogP contribution is 2.29. The third-order valence-electron chi connectivity index (χ3n) is 3.00. The lowest BCUT2D eigenvalue weighted by molar-refractivity contribution is -0.120. The Hall–Kier alpha value is -1.42. The Morgan fingerprint density at radius 3 is 2.61 bits per heavy atom. The standard InChI is InChI=1S/C13H14ClFN2O/c1-7(2)12-8(3)16-17(13(12)18)9-4-5-10(14)11(15)6-9/h4-7,12H,1-3H3. The maximum atomic E-state index is 13.4. The lowest BCUT2D eigenvalue weighted by Crippen LogP contribution is -2.30. The third-order valence-corrected chi connectivity index (χ3v) is 3.30. The molecule has 0 aliphatic carbocycles. The number of halogens is 2. The Morgan fingerprint density at radius 2 is 2.11 bits per heavy atom. The molecule has 0 spiro atoms. The zero-order valence-corrected chi connectivity index (χ0v) is 11.2. The maximum Gasteiger partial charge on any atom is 0.256 e. The van der Waals surface area contributed by atoms with Gasteiger partial charge in [0.25, 0.3) is 5.91 Å². The number of hydrogen-bond donors (Lipinski definition) is 0. The zero-order chi connectivity index (χ0) is 13.4. The smallest absolute Gasteiger partial charge is 0.256 e. The molecule has 5 heteroatoms. The van der Waals surface area contributed by atoms with Crippen LogP contribution in [0, 0.1) is 17.7 Å². The van der Waals surface area contributed by atoms with E-state index in [0.717, 1.165) is 5.71 Å². The molecule has 2 rings (SSSR count). The number of carbonyl (C=O) groups is 1. The molecule has 1 amide bonds. The van der Waals surface area contributed by atoms with Gasteiger partial charge in [0.15, 0.2) is 0 Å². The number of amides is 1. The van der Waals surface area contributed by atoms with Crippen LogP contribution in [0.2, 0.25) is 5.02 Å². The van der Waals surface area contributed by atoms with E-state index in [-0.39, 0.29) is 22.8 Å². The molecular weight excluding hydrogens is 255 g/mol. The summed E-state index contributed by atoms with van der Waals surface area (Å²) in [7, 11) is 0. The highest BCUT2D eigenvalue weighted by molar-refractivity contribution is 6.30. The van der Waals surface area contributed by atoms with Crippen LogP contribution in [0.15, 0.2) is 23.3 Å². The summed E-state index contributed by atoms with van der Waals surface area (Å²) in [5, 5.41) is 5.49. The molecule has 0 N–H and O–H groups in total. The molecule has 96 valence electrons. The van der Waals surface area contributed by atoms with E-state index in [0.29, 0.717) is 5.69 Å². The van der Waals surface area contributed by atoms with Crippen LogP contribution in [0.1, 0.15) is 20.8 Å². The van der Waals surface area contributed by atoms with Crippen LogP contribution in [-0.2, 0) is 4.79 Å². The second kappa shape index (κ2) is 4.69. The van der Waals surface area contributed by atoms with Gasteiger partial charge in [0.1, 0.15) is 5.82 Å². The first kappa shape index (κ1) is 13.0. The average Bonchev–Trinajstić information content (AvgIpc) is 2.58. The molecule has 0 radical (unpaired) electrons. The highest BCUT2D eigenvalue weighted by Gasteiger charge is 2.36. The van der Waals surface area contributed by atoms with Crippen LogP contribution < -0.4 is 5.01 Å². The van der Waals surface area contributed by atoms with Gasteiger partial charge in [-0.3, -0.25) is 4.79 Å². The normalized spacial score (nSPS) is 19.7. The Balaban J connectivity index is 2.36. The fourth-order valence-corrected chi connectivity index (χ4v) is 2.27. The Labute approximate surface area is 110 Å². The lowest BCUT2D eigenvalue weighted by atomic mass is 9.92. The maximum absolute atomic E-state index is 13.4. The van der Waals surface area contributed by atoms with Gasteiger partial charge in [-0.25, -0.2) is 9.40 Å². The van der Waals surface area contributed by atoms with E-state index in [1.54, 1.807) is 6.07 Å². The average molecular weight is 269 g/mol. The van der Waals surface area contributed by atoms with Crippen molar-refractivity contribution >= 4 is 28.9 Å². The van der Waals surface area contributed by atoms with Gasteiger partial charge in [-0.1, -0.05) is 25.4 Å². The van der Waals surface area contributed by atoms with Gasteiger partial charge in [-0.05, 0) is 25.0 Å². The van der Waals surface area contributed by atoms with Gasteiger partial charge < -0.3 is 0 Å². The molecule has 1 aromatic rings. The Morgan fingerprint density at radius 1 is 1.44 bits per heavy atom. The van der Waals surface area contributed by atoms with Crippen molar-refractivity contribution in [1.82, 2.24) is 0 Å². The van der Waals surface area contributed by atoms with E-state index >= 15 is 0 Å². The third kappa shape index (κ3) is 2.12. The van der Waals surface area contributed by atoms with E-state index in [1.165, 1.54) is 17.1 Å². The second-order valence-electron chi connectivity index (χ2n) is 4.71. The van der Waals surface area contributed by atoms with Gasteiger partial charge in [-0.2, -0.15) is 5.10 Å². The van der Waals surface area contributed by atoms with Gasteiger partial charge in [0, 0.05) is 11.8 Å². The molecule has 0 saturated heterocycles. The van der Waals surface area contributed by atoms with E-state index in [9.17, 15) is 9.18 Å². The largest absolute Gasteiger partial charge is 0.272 e. The van der Waals surface area contributed by atoms with Gasteiger partial charge >= 0.3 is 0 Å². The van der Waals surface area contributed by atoms with Crippen LogP contribution in [0.3, 0.4) is 0 Å². The fraction of sp³-hybridized carbons (Fsp3) is 0.385. The molecule has 0 aromatic heterocycles. The van der Waals surface area contributed by atoms with Crippen molar-refractivity contribution in [2.75, 3.05) is 5.01 Å². The van der Waals surface area contributed by atoms with Crippen LogP contribution in [-0.4, -0.2) is 11.6 Å². The monoisotopic (exact) mass is 268 g/mol. The van der Waals surface area contributed by atoms with Crippen molar-refractivity contribution in [3.05, 3.63) is 29.0 Å². The molecular formula is C13H14ClFN2O. The number of nitrogens with zero attached hydrogens (tertiary/aromatic N) is 2. The number of carbonyl (C=O) groups excluding carboxylic acids is 1. The molecule has 1 unspecified atom stereocenters. The molecule has 0 saturated carbocycles. The van der Waals surface area contributed by atoms with Gasteiger partial charge in [0.05, 0.1) is 16.6 Å². The lowest BCUT2D eigenvalue weighted by Gasteiger charge is -2.16. The van der Waals surface area contributed by atoms with Crippen molar-refractivity contribution in [3.8, 4) is 0 Å². The van der Waals surface area contributed by atoms with Crippen LogP contribution >= 0.6 is 11.6 Å². The molecule has 1 aliphatic heterocycles. The first-order chi connectivity index (χ1) is 8.41. The molecule has 3 nitrogen and oxygen atoms in total. The van der Waals surface area contributed by atoms with Crippen molar-refractivity contribution in [1.29, 1.82) is 0 Å². The van der Waals surface area contributed by atoms with E-state index in [2.05, 4.69) is 5.10 Å². The molecule has 1 aromatic carbocycles. The molecule has 1 atom stereocenters. The predicted molar refractivity (Wildman–Crippen MR) is 70.3 cm³/mol. The van der Waals surface area contributed by atoms with Crippen LogP contribution in [0.5, 0.6) is 0 Å². The zero-order valence-electron chi connectivity index (χ0n) is 10.4. The summed E-state index contributed by atoms with van der Waals surface area (Å²) < 4.78 is 13.4. The first-order valence-corrected chi connectivity index (χ1v) is 6.13. The topological polar surface area (TPSA) is 32.7 Å². The Bertz CT molecular complexity index is 528. The first-order valence-electron chi connectivity index (χ1n) is 5.76. The molecule has 18 heavy (non-hydrogen) atoms. The number of hydrogen-bond acceptors (Lipinski definition) is 2. The number of hydrazone groups is 1. The second-order valence-corrected chi connectivity index (χ2v) is 5.12. The van der Waals surface area contributed by atoms with Crippen LogP contribution in [0.25, 0.3) is 0 Å². The molecule has 1 aliphatic rings. The predicted octanol–water partition coefficient (Wildman–Crippen LogP) is 3.47. The van der Waals surface area contributed by atoms with Crippen molar-refractivity contribution in [2.24, 2.45) is 16.9 Å². The summed E-state index contributed by atoms with van der Waals surface area (Å²) in [6, 6.07) is 4.23. The summed E-state index contributed by atoms with van der Waals surface area (Å²) in [6.07, 6.45) is 0. The van der Waals surface area contributed by atoms with Crippen molar-refractivity contribution in [3.63, 3.8) is 0 Å². The van der Waals surface area contributed by atoms with E-state index in [1.807, 2.05) is 20.8 Å².